The number of hydrogen-bond donors (Lipinski definition) is 3. The van der Waals surface area contributed by atoms with Crippen molar-refractivity contribution in [2.45, 2.75) is 26.9 Å². The maximum atomic E-state index is 9.98. The summed E-state index contributed by atoms with van der Waals surface area (Å²) in [4.78, 5) is 8.99. The smallest absolute Gasteiger partial charge is 0.141 e. The molecule has 3 heterocycles. The van der Waals surface area contributed by atoms with Gasteiger partial charge in [-0.15, -0.1) is 0 Å². The number of fused-ring (bicyclic) bond motifs is 1. The highest BCUT2D eigenvalue weighted by molar-refractivity contribution is 6.10. The van der Waals surface area contributed by atoms with Gasteiger partial charge in [-0.3, -0.25) is 0 Å². The van der Waals surface area contributed by atoms with E-state index in [1.165, 1.54) is 6.21 Å². The molecule has 7 heteroatoms. The number of aryl methyl sites for hydroxylation is 1. The zero-order chi connectivity index (χ0) is 21.0. The molecule has 0 bridgehead atoms. The van der Waals surface area contributed by atoms with Gasteiger partial charge < -0.3 is 20.2 Å². The number of nitrogens with one attached hydrogen (secondary N) is 2. The van der Waals surface area contributed by atoms with Crippen molar-refractivity contribution in [3.63, 3.8) is 0 Å². The van der Waals surface area contributed by atoms with Crippen molar-refractivity contribution in [2.75, 3.05) is 6.54 Å². The van der Waals surface area contributed by atoms with Crippen LogP contribution in [0.2, 0.25) is 0 Å². The molecule has 1 unspecified atom stereocenters. The number of aliphatic hydroxyl groups excluding tert-OH is 1. The lowest BCUT2D eigenvalue weighted by molar-refractivity contribution is 0.127. The van der Waals surface area contributed by atoms with Gasteiger partial charge in [-0.05, 0) is 37.1 Å². The molecule has 3 aromatic rings. The quantitative estimate of drug-likeness (QED) is 0.539. The average Bonchev–Trinajstić information content (AvgIpc) is 3.09. The van der Waals surface area contributed by atoms with Crippen LogP contribution in [-0.4, -0.2) is 38.3 Å². The molecule has 7 nitrogen and oxygen atoms in total. The molecule has 3 aromatic heterocycles. The van der Waals surface area contributed by atoms with Crippen LogP contribution in [-0.2, 0) is 0 Å². The summed E-state index contributed by atoms with van der Waals surface area (Å²) in [6.07, 6.45) is 6.29. The van der Waals surface area contributed by atoms with Crippen LogP contribution in [0, 0.1) is 29.6 Å². The Labute approximate surface area is 169 Å². The molecule has 148 valence electrons. The first-order valence-electron chi connectivity index (χ1n) is 9.42. The Bertz CT molecular complexity index is 1110. The van der Waals surface area contributed by atoms with Crippen LogP contribution in [0.15, 0.2) is 42.9 Å². The third kappa shape index (κ3) is 4.50. The summed E-state index contributed by atoms with van der Waals surface area (Å²) >= 11 is 0. The number of imidazole rings is 1. The Kier molecular flexibility index (Phi) is 6.05. The number of nitriles is 1. The first kappa shape index (κ1) is 20.2. The van der Waals surface area contributed by atoms with Crippen molar-refractivity contribution in [1.29, 1.82) is 10.7 Å². The number of pyridine rings is 2. The SMILES string of the molecule is Cc1cn2ccc(-c3nc(C#N)ccc3/C(C=N)=C/NCC(O)C(C)C)cc2n1. The van der Waals surface area contributed by atoms with E-state index in [-0.39, 0.29) is 5.92 Å². The second-order valence-corrected chi connectivity index (χ2v) is 7.23. The molecule has 0 aromatic carbocycles. The van der Waals surface area contributed by atoms with Crippen LogP contribution in [0.3, 0.4) is 0 Å². The molecule has 3 N–H and O–H groups in total. The predicted molar refractivity (Wildman–Crippen MR) is 113 cm³/mol. The van der Waals surface area contributed by atoms with Crippen molar-refractivity contribution in [3.8, 4) is 17.3 Å². The summed E-state index contributed by atoms with van der Waals surface area (Å²) < 4.78 is 1.93. The molecular weight excluding hydrogens is 364 g/mol. The monoisotopic (exact) mass is 388 g/mol. The molecule has 0 fully saturated rings. The van der Waals surface area contributed by atoms with Gasteiger partial charge in [0.15, 0.2) is 0 Å². The summed E-state index contributed by atoms with van der Waals surface area (Å²) in [5, 5.41) is 30.2. The Hall–Kier alpha value is -3.50. The van der Waals surface area contributed by atoms with Crippen molar-refractivity contribution in [1.82, 2.24) is 19.7 Å². The van der Waals surface area contributed by atoms with Gasteiger partial charge >= 0.3 is 0 Å². The minimum Gasteiger partial charge on any atom is -0.391 e. The fourth-order valence-electron chi connectivity index (χ4n) is 2.95. The van der Waals surface area contributed by atoms with Crippen molar-refractivity contribution < 1.29 is 5.11 Å². The van der Waals surface area contributed by atoms with E-state index in [2.05, 4.69) is 21.4 Å². The number of aliphatic hydroxyl groups is 1. The molecule has 3 rings (SSSR count). The average molecular weight is 388 g/mol. The van der Waals surface area contributed by atoms with Gasteiger partial charge in [-0.2, -0.15) is 5.26 Å². The van der Waals surface area contributed by atoms with Gasteiger partial charge in [0.2, 0.25) is 0 Å². The fourth-order valence-corrected chi connectivity index (χ4v) is 2.95. The molecule has 0 aliphatic rings. The molecule has 0 radical (unpaired) electrons. The molecule has 0 saturated heterocycles. The van der Waals surface area contributed by atoms with Gasteiger partial charge in [0.1, 0.15) is 17.4 Å². The van der Waals surface area contributed by atoms with Crippen LogP contribution in [0.4, 0.5) is 0 Å². The van der Waals surface area contributed by atoms with Gasteiger partial charge in [0, 0.05) is 48.1 Å². The van der Waals surface area contributed by atoms with Crippen molar-refractivity contribution >= 4 is 17.4 Å². The van der Waals surface area contributed by atoms with Gasteiger partial charge in [0.05, 0.1) is 17.5 Å². The van der Waals surface area contributed by atoms with Crippen molar-refractivity contribution in [3.05, 3.63) is 59.8 Å². The Balaban J connectivity index is 2.03. The highest BCUT2D eigenvalue weighted by Crippen LogP contribution is 2.27. The van der Waals surface area contributed by atoms with E-state index in [0.717, 1.165) is 22.5 Å². The Morgan fingerprint density at radius 2 is 2.14 bits per heavy atom. The lowest BCUT2D eigenvalue weighted by Crippen LogP contribution is -2.27. The number of aromatic nitrogens is 3. The van der Waals surface area contributed by atoms with Crippen LogP contribution in [0.5, 0.6) is 0 Å². The largest absolute Gasteiger partial charge is 0.391 e. The number of nitrogens with zero attached hydrogens (tertiary/aromatic N) is 4. The molecule has 29 heavy (non-hydrogen) atoms. The Morgan fingerprint density at radius 3 is 2.83 bits per heavy atom. The first-order chi connectivity index (χ1) is 13.9. The van der Waals surface area contributed by atoms with E-state index in [4.69, 9.17) is 5.41 Å². The zero-order valence-electron chi connectivity index (χ0n) is 16.7. The lowest BCUT2D eigenvalue weighted by atomic mass is 10.00. The summed E-state index contributed by atoms with van der Waals surface area (Å²) in [6, 6.07) is 9.33. The summed E-state index contributed by atoms with van der Waals surface area (Å²) in [5.41, 5.74) is 4.74. The number of allylic oxidation sites excluding steroid dienone is 1. The van der Waals surface area contributed by atoms with E-state index < -0.39 is 6.10 Å². The Morgan fingerprint density at radius 1 is 1.34 bits per heavy atom. The molecule has 0 aliphatic carbocycles. The minimum absolute atomic E-state index is 0.135. The van der Waals surface area contributed by atoms with E-state index in [1.807, 2.05) is 49.7 Å². The van der Waals surface area contributed by atoms with Crippen LogP contribution >= 0.6 is 0 Å². The number of hydrogen-bond acceptors (Lipinski definition) is 6. The van der Waals surface area contributed by atoms with Crippen molar-refractivity contribution in [2.24, 2.45) is 5.92 Å². The second kappa shape index (κ2) is 8.67. The molecule has 0 aliphatic heterocycles. The van der Waals surface area contributed by atoms with Gasteiger partial charge in [-0.1, -0.05) is 13.8 Å². The van der Waals surface area contributed by atoms with Gasteiger partial charge in [0.25, 0.3) is 0 Å². The van der Waals surface area contributed by atoms with E-state index >= 15 is 0 Å². The molecule has 0 amide bonds. The van der Waals surface area contributed by atoms with E-state index in [1.54, 1.807) is 18.3 Å². The lowest BCUT2D eigenvalue weighted by Gasteiger charge is -2.15. The minimum atomic E-state index is -0.483. The highest BCUT2D eigenvalue weighted by atomic mass is 16.3. The molecule has 1 atom stereocenters. The topological polar surface area (TPSA) is 110 Å². The normalized spacial score (nSPS) is 12.8. The highest BCUT2D eigenvalue weighted by Gasteiger charge is 2.14. The van der Waals surface area contributed by atoms with Crippen LogP contribution in [0.1, 0.15) is 30.8 Å². The third-order valence-corrected chi connectivity index (χ3v) is 4.68. The van der Waals surface area contributed by atoms with Crippen LogP contribution in [0.25, 0.3) is 22.5 Å². The van der Waals surface area contributed by atoms with E-state index in [9.17, 15) is 10.4 Å². The second-order valence-electron chi connectivity index (χ2n) is 7.23. The summed E-state index contributed by atoms with van der Waals surface area (Å²) in [5.74, 6) is 0.135. The fraction of sp³-hybridized carbons (Fsp3) is 0.273. The molecular formula is C22H24N6O. The maximum absolute atomic E-state index is 9.98. The summed E-state index contributed by atoms with van der Waals surface area (Å²) in [6.45, 7) is 6.21. The standard InChI is InChI=1S/C22H24N6O/c1-14(2)20(29)12-25-11-17(9-23)19-5-4-18(10-24)27-22(19)16-6-7-28-13-15(3)26-21(28)8-16/h4-9,11,13-14,20,23,25,29H,12H2,1-3H3/b17-11+,23-9?. The third-order valence-electron chi connectivity index (χ3n) is 4.68. The number of rotatable bonds is 7. The van der Waals surface area contributed by atoms with E-state index in [0.29, 0.717) is 23.5 Å². The van der Waals surface area contributed by atoms with Gasteiger partial charge in [-0.25, -0.2) is 9.97 Å². The summed E-state index contributed by atoms with van der Waals surface area (Å²) in [7, 11) is 0. The zero-order valence-corrected chi connectivity index (χ0v) is 16.7. The maximum Gasteiger partial charge on any atom is 0.141 e. The molecule has 0 saturated carbocycles. The van der Waals surface area contributed by atoms with Crippen LogP contribution < -0.4 is 5.32 Å². The predicted octanol–water partition coefficient (Wildman–Crippen LogP) is 3.17. The first-order valence-corrected chi connectivity index (χ1v) is 9.42. The molecule has 0 spiro atoms.